The minimum Gasteiger partial charge on any atom is -0.423 e. The Morgan fingerprint density at radius 2 is 2.21 bits per heavy atom. The topological polar surface area (TPSA) is 46.9 Å². The van der Waals surface area contributed by atoms with Crippen LogP contribution in [-0.4, -0.2) is 60.7 Å². The van der Waals surface area contributed by atoms with Crippen LogP contribution in [0.3, 0.4) is 0 Å². The van der Waals surface area contributed by atoms with Crippen LogP contribution in [-0.2, 0) is 6.54 Å². The van der Waals surface area contributed by atoms with Crippen molar-refractivity contribution in [1.29, 1.82) is 0 Å². The van der Waals surface area contributed by atoms with Gasteiger partial charge in [0.15, 0.2) is 0 Å². The molecule has 104 valence electrons. The highest BCUT2D eigenvalue weighted by Gasteiger charge is 2.20. The average molecular weight is 262 g/mol. The number of rotatable bonds is 5. The van der Waals surface area contributed by atoms with Gasteiger partial charge in [0.2, 0.25) is 0 Å². The lowest BCUT2D eigenvalue weighted by atomic mass is 9.79. The van der Waals surface area contributed by atoms with Crippen LogP contribution in [0.15, 0.2) is 24.3 Å². The van der Waals surface area contributed by atoms with Gasteiger partial charge in [-0.2, -0.15) is 0 Å². The van der Waals surface area contributed by atoms with Gasteiger partial charge in [-0.25, -0.2) is 0 Å². The first kappa shape index (κ1) is 14.5. The minimum absolute atomic E-state index is 0.562. The molecule has 0 bridgehead atoms. The molecular formula is C14H23BN2O2. The van der Waals surface area contributed by atoms with Gasteiger partial charge in [0, 0.05) is 19.6 Å². The zero-order chi connectivity index (χ0) is 13.8. The quantitative estimate of drug-likeness (QED) is 0.718. The summed E-state index contributed by atoms with van der Waals surface area (Å²) in [6, 6.07) is 7.51. The van der Waals surface area contributed by atoms with Crippen molar-refractivity contribution in [3.05, 3.63) is 29.8 Å². The van der Waals surface area contributed by atoms with Crippen LogP contribution in [0.4, 0.5) is 0 Å². The highest BCUT2D eigenvalue weighted by atomic mass is 16.4. The third kappa shape index (κ3) is 4.32. The van der Waals surface area contributed by atoms with E-state index >= 15 is 0 Å². The smallest absolute Gasteiger partial charge is 0.423 e. The lowest BCUT2D eigenvalue weighted by molar-refractivity contribution is 0.267. The van der Waals surface area contributed by atoms with Crippen molar-refractivity contribution < 1.29 is 10.0 Å². The second kappa shape index (κ2) is 6.52. The Kier molecular flexibility index (Phi) is 4.99. The first-order valence-electron chi connectivity index (χ1n) is 6.86. The maximum absolute atomic E-state index is 9.18. The summed E-state index contributed by atoms with van der Waals surface area (Å²) in [6.45, 7) is 4.32. The van der Waals surface area contributed by atoms with Gasteiger partial charge in [-0.05, 0) is 44.0 Å². The van der Waals surface area contributed by atoms with Crippen LogP contribution in [0.2, 0.25) is 0 Å². The highest BCUT2D eigenvalue weighted by Crippen LogP contribution is 2.16. The predicted molar refractivity (Wildman–Crippen MR) is 78.2 cm³/mol. The third-order valence-electron chi connectivity index (χ3n) is 3.76. The van der Waals surface area contributed by atoms with E-state index in [9.17, 15) is 10.0 Å². The summed E-state index contributed by atoms with van der Waals surface area (Å²) in [5.41, 5.74) is 1.69. The zero-order valence-electron chi connectivity index (χ0n) is 11.8. The van der Waals surface area contributed by atoms with Crippen LogP contribution < -0.4 is 5.46 Å². The first-order valence-corrected chi connectivity index (χ1v) is 6.86. The highest BCUT2D eigenvalue weighted by molar-refractivity contribution is 6.58. The van der Waals surface area contributed by atoms with Crippen molar-refractivity contribution >= 4 is 12.6 Å². The second-order valence-electron chi connectivity index (χ2n) is 5.73. The number of hydrogen-bond acceptors (Lipinski definition) is 4. The van der Waals surface area contributed by atoms with E-state index in [0.717, 1.165) is 24.6 Å². The first-order chi connectivity index (χ1) is 9.04. The maximum Gasteiger partial charge on any atom is 0.488 e. The van der Waals surface area contributed by atoms with Crippen LogP contribution in [0.1, 0.15) is 12.0 Å². The van der Waals surface area contributed by atoms with Crippen molar-refractivity contribution in [2.75, 3.05) is 33.7 Å². The average Bonchev–Trinajstić information content (AvgIpc) is 2.74. The minimum atomic E-state index is -1.38. The molecule has 0 amide bonds. The fraction of sp³-hybridized carbons (Fsp3) is 0.571. The van der Waals surface area contributed by atoms with E-state index in [4.69, 9.17) is 0 Å². The molecule has 0 spiro atoms. The molecule has 1 heterocycles. The summed E-state index contributed by atoms with van der Waals surface area (Å²) >= 11 is 0. The number of benzene rings is 1. The van der Waals surface area contributed by atoms with E-state index in [1.54, 1.807) is 6.07 Å². The molecule has 1 fully saturated rings. The molecule has 0 aliphatic carbocycles. The molecule has 1 aromatic rings. The molecule has 1 unspecified atom stereocenters. The van der Waals surface area contributed by atoms with E-state index < -0.39 is 7.12 Å². The van der Waals surface area contributed by atoms with Gasteiger partial charge in [0.1, 0.15) is 0 Å². The van der Waals surface area contributed by atoms with Crippen molar-refractivity contribution in [3.8, 4) is 0 Å². The Morgan fingerprint density at radius 1 is 1.42 bits per heavy atom. The van der Waals surface area contributed by atoms with E-state index in [2.05, 4.69) is 23.9 Å². The molecule has 0 aromatic heterocycles. The molecule has 1 saturated heterocycles. The Morgan fingerprint density at radius 3 is 2.84 bits per heavy atom. The molecule has 0 saturated carbocycles. The standard InChI is InChI=1S/C14H23BN2O2/c1-16-7-6-13(10-16)11-17(2)9-12-4-3-5-14(8-12)15(18)19/h3-5,8,13,18-19H,6-7,9-11H2,1-2H3. The van der Waals surface area contributed by atoms with Gasteiger partial charge in [-0.15, -0.1) is 0 Å². The number of hydrogen-bond donors (Lipinski definition) is 2. The molecule has 19 heavy (non-hydrogen) atoms. The Labute approximate surface area is 115 Å². The van der Waals surface area contributed by atoms with Crippen molar-refractivity contribution in [2.24, 2.45) is 5.92 Å². The van der Waals surface area contributed by atoms with Crippen LogP contribution in [0.25, 0.3) is 0 Å². The summed E-state index contributed by atoms with van der Waals surface area (Å²) in [7, 11) is 2.92. The van der Waals surface area contributed by atoms with E-state index in [-0.39, 0.29) is 0 Å². The summed E-state index contributed by atoms with van der Waals surface area (Å²) in [5, 5.41) is 18.4. The van der Waals surface area contributed by atoms with Crippen molar-refractivity contribution in [1.82, 2.24) is 9.80 Å². The fourth-order valence-corrected chi connectivity index (χ4v) is 2.84. The Hall–Kier alpha value is -0.875. The molecule has 1 aliphatic rings. The fourth-order valence-electron chi connectivity index (χ4n) is 2.84. The lowest BCUT2D eigenvalue weighted by Crippen LogP contribution is -2.31. The molecule has 1 aromatic carbocycles. The number of likely N-dealkylation sites (tertiary alicyclic amines) is 1. The summed E-state index contributed by atoms with van der Waals surface area (Å²) in [4.78, 5) is 4.69. The van der Waals surface area contributed by atoms with Gasteiger partial charge >= 0.3 is 7.12 Å². The maximum atomic E-state index is 9.18. The van der Waals surface area contributed by atoms with Crippen molar-refractivity contribution in [2.45, 2.75) is 13.0 Å². The van der Waals surface area contributed by atoms with Crippen LogP contribution in [0.5, 0.6) is 0 Å². The van der Waals surface area contributed by atoms with E-state index in [0.29, 0.717) is 5.46 Å². The SMILES string of the molecule is CN1CCC(CN(C)Cc2cccc(B(O)O)c2)C1. The van der Waals surface area contributed by atoms with Gasteiger partial charge in [-0.1, -0.05) is 24.3 Å². The van der Waals surface area contributed by atoms with Gasteiger partial charge < -0.3 is 19.8 Å². The molecule has 4 nitrogen and oxygen atoms in total. The Balaban J connectivity index is 1.87. The molecular weight excluding hydrogens is 239 g/mol. The lowest BCUT2D eigenvalue weighted by Gasteiger charge is -2.21. The third-order valence-corrected chi connectivity index (χ3v) is 3.76. The summed E-state index contributed by atoms with van der Waals surface area (Å²) in [6.07, 6.45) is 1.27. The molecule has 1 atom stereocenters. The summed E-state index contributed by atoms with van der Waals surface area (Å²) < 4.78 is 0. The summed E-state index contributed by atoms with van der Waals surface area (Å²) in [5.74, 6) is 0.751. The molecule has 0 radical (unpaired) electrons. The normalized spacial score (nSPS) is 20.2. The van der Waals surface area contributed by atoms with E-state index in [1.165, 1.54) is 19.5 Å². The molecule has 2 rings (SSSR count). The van der Waals surface area contributed by atoms with Crippen molar-refractivity contribution in [3.63, 3.8) is 0 Å². The molecule has 1 aliphatic heterocycles. The van der Waals surface area contributed by atoms with Crippen LogP contribution >= 0.6 is 0 Å². The molecule has 5 heteroatoms. The largest absolute Gasteiger partial charge is 0.488 e. The number of nitrogens with zero attached hydrogens (tertiary/aromatic N) is 2. The zero-order valence-corrected chi connectivity index (χ0v) is 11.8. The van der Waals surface area contributed by atoms with Gasteiger partial charge in [0.05, 0.1) is 0 Å². The van der Waals surface area contributed by atoms with Gasteiger partial charge in [0.25, 0.3) is 0 Å². The molecule has 2 N–H and O–H groups in total. The van der Waals surface area contributed by atoms with Crippen LogP contribution in [0, 0.1) is 5.92 Å². The Bertz CT molecular complexity index is 414. The predicted octanol–water partition coefficient (Wildman–Crippen LogP) is -0.250. The second-order valence-corrected chi connectivity index (χ2v) is 5.73. The van der Waals surface area contributed by atoms with E-state index in [1.807, 2.05) is 18.2 Å². The monoisotopic (exact) mass is 262 g/mol. The van der Waals surface area contributed by atoms with Gasteiger partial charge in [-0.3, -0.25) is 0 Å².